The van der Waals surface area contributed by atoms with Crippen molar-refractivity contribution in [2.24, 2.45) is 0 Å². The summed E-state index contributed by atoms with van der Waals surface area (Å²) in [7, 11) is -3.55. The van der Waals surface area contributed by atoms with Gasteiger partial charge in [-0.15, -0.1) is 0 Å². The second-order valence-electron chi connectivity index (χ2n) is 1.91. The summed E-state index contributed by atoms with van der Waals surface area (Å²) < 4.78 is 29.2. The molecular formula is C3H4O4S. The quantitative estimate of drug-likeness (QED) is 0.447. The Balaban J connectivity index is 2.30. The Morgan fingerprint density at radius 3 is 2.00 bits per heavy atom. The van der Waals surface area contributed by atoms with Gasteiger partial charge in [0.05, 0.1) is 0 Å². The lowest BCUT2D eigenvalue weighted by atomic mass is 10.8. The Hall–Kier alpha value is -0.130. The average Bonchev–Trinajstić information content (AvgIpc) is 2.11. The molecule has 5 heteroatoms. The first-order valence-corrected chi connectivity index (χ1v) is 3.62. The van der Waals surface area contributed by atoms with E-state index < -0.39 is 10.4 Å². The van der Waals surface area contributed by atoms with Gasteiger partial charge in [0, 0.05) is 6.42 Å². The van der Waals surface area contributed by atoms with E-state index in [1.54, 1.807) is 0 Å². The van der Waals surface area contributed by atoms with Gasteiger partial charge in [-0.3, -0.25) is 0 Å². The van der Waals surface area contributed by atoms with Crippen molar-refractivity contribution in [2.75, 3.05) is 0 Å². The Morgan fingerprint density at radius 1 is 1.25 bits per heavy atom. The van der Waals surface area contributed by atoms with E-state index in [0.29, 0.717) is 0 Å². The van der Waals surface area contributed by atoms with E-state index in [4.69, 9.17) is 0 Å². The molecule has 2 rings (SSSR count). The summed E-state index contributed by atoms with van der Waals surface area (Å²) in [5, 5.41) is 0. The van der Waals surface area contributed by atoms with Crippen LogP contribution in [0.15, 0.2) is 0 Å². The molecule has 0 aromatic rings. The third-order valence-corrected chi connectivity index (χ3v) is 2.12. The number of rotatable bonds is 0. The molecule has 1 heterocycles. The molecule has 8 heavy (non-hydrogen) atoms. The van der Waals surface area contributed by atoms with Gasteiger partial charge in [0.15, 0.2) is 0 Å². The first kappa shape index (κ1) is 4.72. The van der Waals surface area contributed by atoms with Gasteiger partial charge < -0.3 is 0 Å². The predicted molar refractivity (Wildman–Crippen MR) is 23.3 cm³/mol. The molecule has 2 aliphatic rings. The van der Waals surface area contributed by atoms with Crippen molar-refractivity contribution in [1.82, 2.24) is 0 Å². The summed E-state index contributed by atoms with van der Waals surface area (Å²) in [5.74, 6) is 0. The third kappa shape index (κ3) is 0.553. The van der Waals surface area contributed by atoms with E-state index >= 15 is 0 Å². The molecule has 0 aromatic heterocycles. The molecule has 1 saturated heterocycles. The van der Waals surface area contributed by atoms with Gasteiger partial charge in [-0.2, -0.15) is 8.42 Å². The molecule has 0 aromatic carbocycles. The molecular weight excluding hydrogens is 132 g/mol. The SMILES string of the molecule is O=S1(=O)OC2CC2O1. The zero-order valence-electron chi connectivity index (χ0n) is 3.90. The summed E-state index contributed by atoms with van der Waals surface area (Å²) in [6.07, 6.45) is 0.430. The highest BCUT2D eigenvalue weighted by Gasteiger charge is 2.53. The van der Waals surface area contributed by atoms with Crippen LogP contribution in [0.5, 0.6) is 0 Å². The van der Waals surface area contributed by atoms with Gasteiger partial charge in [-0.1, -0.05) is 0 Å². The normalized spacial score (nSPS) is 48.5. The van der Waals surface area contributed by atoms with Crippen molar-refractivity contribution in [3.05, 3.63) is 0 Å². The van der Waals surface area contributed by atoms with E-state index in [9.17, 15) is 8.42 Å². The van der Waals surface area contributed by atoms with Crippen LogP contribution in [0.1, 0.15) is 6.42 Å². The molecule has 0 spiro atoms. The molecule has 2 fully saturated rings. The van der Waals surface area contributed by atoms with Gasteiger partial charge in [0.1, 0.15) is 12.2 Å². The molecule has 0 amide bonds. The van der Waals surface area contributed by atoms with Crippen LogP contribution in [0.25, 0.3) is 0 Å². The molecule has 1 aliphatic carbocycles. The second-order valence-corrected chi connectivity index (χ2v) is 3.11. The van der Waals surface area contributed by atoms with Gasteiger partial charge in [0.25, 0.3) is 0 Å². The molecule has 1 saturated carbocycles. The van der Waals surface area contributed by atoms with E-state index in [0.717, 1.165) is 6.42 Å². The number of hydrogen-bond acceptors (Lipinski definition) is 4. The lowest BCUT2D eigenvalue weighted by molar-refractivity contribution is 0.294. The van der Waals surface area contributed by atoms with Gasteiger partial charge in [0.2, 0.25) is 0 Å². The highest BCUT2D eigenvalue weighted by molar-refractivity contribution is 7.82. The Kier molecular flexibility index (Phi) is 0.632. The summed E-state index contributed by atoms with van der Waals surface area (Å²) >= 11 is 0. The smallest absolute Gasteiger partial charge is 0.242 e. The zero-order chi connectivity index (χ0) is 5.78. The maximum atomic E-state index is 10.2. The number of hydrogen-bond donors (Lipinski definition) is 0. The molecule has 0 radical (unpaired) electrons. The van der Waals surface area contributed by atoms with Crippen LogP contribution in [-0.2, 0) is 18.8 Å². The van der Waals surface area contributed by atoms with Gasteiger partial charge >= 0.3 is 10.4 Å². The monoisotopic (exact) mass is 136 g/mol. The standard InChI is InChI=1S/C3H4O4S/c4-8(5)6-2-1-3(2)7-8/h2-3H,1H2. The first-order chi connectivity index (χ1) is 3.67. The van der Waals surface area contributed by atoms with Crippen LogP contribution in [0.4, 0.5) is 0 Å². The molecule has 4 nitrogen and oxygen atoms in total. The van der Waals surface area contributed by atoms with Crippen molar-refractivity contribution in [1.29, 1.82) is 0 Å². The summed E-state index contributed by atoms with van der Waals surface area (Å²) in [5.41, 5.74) is 0. The van der Waals surface area contributed by atoms with Crippen molar-refractivity contribution in [3.8, 4) is 0 Å². The van der Waals surface area contributed by atoms with Crippen molar-refractivity contribution in [3.63, 3.8) is 0 Å². The highest BCUT2D eigenvalue weighted by Crippen LogP contribution is 2.38. The largest absolute Gasteiger partial charge is 0.400 e. The molecule has 46 valence electrons. The van der Waals surface area contributed by atoms with Crippen molar-refractivity contribution < 1.29 is 16.8 Å². The third-order valence-electron chi connectivity index (χ3n) is 1.16. The van der Waals surface area contributed by atoms with Gasteiger partial charge in [-0.25, -0.2) is 8.37 Å². The fraction of sp³-hybridized carbons (Fsp3) is 1.00. The minimum Gasteiger partial charge on any atom is -0.242 e. The van der Waals surface area contributed by atoms with Crippen LogP contribution in [-0.4, -0.2) is 20.6 Å². The second kappa shape index (κ2) is 1.07. The van der Waals surface area contributed by atoms with Crippen LogP contribution >= 0.6 is 0 Å². The summed E-state index contributed by atoms with van der Waals surface area (Å²) in [6.45, 7) is 0. The van der Waals surface area contributed by atoms with Gasteiger partial charge in [-0.05, 0) is 0 Å². The fourth-order valence-electron chi connectivity index (χ4n) is 0.678. The first-order valence-electron chi connectivity index (χ1n) is 2.29. The average molecular weight is 136 g/mol. The lowest BCUT2D eigenvalue weighted by Crippen LogP contribution is -2.01. The van der Waals surface area contributed by atoms with Crippen LogP contribution < -0.4 is 0 Å². The Labute approximate surface area is 46.7 Å². The minimum absolute atomic E-state index is 0.153. The van der Waals surface area contributed by atoms with Crippen LogP contribution in [0.3, 0.4) is 0 Å². The molecule has 0 N–H and O–H groups in total. The van der Waals surface area contributed by atoms with E-state index in [1.807, 2.05) is 0 Å². The van der Waals surface area contributed by atoms with E-state index in [-0.39, 0.29) is 12.2 Å². The lowest BCUT2D eigenvalue weighted by Gasteiger charge is -1.90. The number of fused-ring (bicyclic) bond motifs is 1. The minimum atomic E-state index is -3.55. The summed E-state index contributed by atoms with van der Waals surface area (Å²) in [6, 6.07) is 0. The highest BCUT2D eigenvalue weighted by atomic mass is 32.3. The maximum absolute atomic E-state index is 10.2. The molecule has 0 bridgehead atoms. The molecule has 2 atom stereocenters. The fourth-order valence-corrected chi connectivity index (χ4v) is 1.73. The van der Waals surface area contributed by atoms with Crippen molar-refractivity contribution in [2.45, 2.75) is 18.6 Å². The van der Waals surface area contributed by atoms with E-state index in [2.05, 4.69) is 8.37 Å². The van der Waals surface area contributed by atoms with Crippen LogP contribution in [0, 0.1) is 0 Å². The predicted octanol–water partition coefficient (Wildman–Crippen LogP) is -0.581. The zero-order valence-corrected chi connectivity index (χ0v) is 4.72. The maximum Gasteiger partial charge on any atom is 0.400 e. The molecule has 1 aliphatic heterocycles. The van der Waals surface area contributed by atoms with Crippen LogP contribution in [0.2, 0.25) is 0 Å². The Morgan fingerprint density at radius 2 is 1.75 bits per heavy atom. The van der Waals surface area contributed by atoms with E-state index in [1.165, 1.54) is 0 Å². The molecule has 2 unspecified atom stereocenters. The Bertz CT molecular complexity index is 189. The topological polar surface area (TPSA) is 52.6 Å². The van der Waals surface area contributed by atoms with Crippen molar-refractivity contribution >= 4 is 10.4 Å². The summed E-state index contributed by atoms with van der Waals surface area (Å²) in [4.78, 5) is 0.